The maximum absolute atomic E-state index is 12.3. The molecule has 14 heavy (non-hydrogen) atoms. The fourth-order valence-electron chi connectivity index (χ4n) is 1.27. The molecule has 0 aliphatic heterocycles. The summed E-state index contributed by atoms with van der Waals surface area (Å²) in [6.45, 7) is -4.91. The quantitative estimate of drug-likeness (QED) is 0.611. The van der Waals surface area contributed by atoms with Gasteiger partial charge in [-0.15, -0.1) is 0 Å². The normalized spacial score (nSPS) is 11.4. The van der Waals surface area contributed by atoms with Crippen molar-refractivity contribution in [1.82, 2.24) is 4.98 Å². The third-order valence-electron chi connectivity index (χ3n) is 1.90. The number of hydrogen-bond donors (Lipinski definition) is 1. The molecule has 1 aromatic carbocycles. The van der Waals surface area contributed by atoms with Crippen LogP contribution < -0.4 is 57.0 Å². The number of nitrogens with one attached hydrogen (secondary N) is 1. The summed E-state index contributed by atoms with van der Waals surface area (Å²) in [7, 11) is 0. The summed E-state index contributed by atoms with van der Waals surface area (Å²) in [6, 6.07) is 7.82. The van der Waals surface area contributed by atoms with Crippen molar-refractivity contribution in [2.75, 3.05) is 0 Å². The van der Waals surface area contributed by atoms with Crippen molar-refractivity contribution in [3.8, 4) is 0 Å². The predicted molar refractivity (Wildman–Crippen MR) is 47.0 cm³/mol. The summed E-state index contributed by atoms with van der Waals surface area (Å²) in [5, 5.41) is 0.594. The number of aromatic nitrogens is 1. The largest absolute Gasteiger partial charge is 1.00 e. The summed E-state index contributed by atoms with van der Waals surface area (Å²) in [6.07, 6.45) is 0. The zero-order valence-electron chi connectivity index (χ0n) is 7.60. The van der Waals surface area contributed by atoms with Crippen LogP contribution in [0.2, 0.25) is 0 Å². The van der Waals surface area contributed by atoms with E-state index in [0.29, 0.717) is 10.9 Å². The average molecular weight is 223 g/mol. The molecule has 1 N–H and O–H groups in total. The van der Waals surface area contributed by atoms with Crippen molar-refractivity contribution >= 4 is 23.5 Å². The first-order valence-corrected chi connectivity index (χ1v) is 3.85. The Morgan fingerprint density at radius 2 is 1.71 bits per heavy atom. The molecule has 0 radical (unpaired) electrons. The van der Waals surface area contributed by atoms with Crippen LogP contribution in [0.3, 0.4) is 0 Å². The van der Waals surface area contributed by atoms with Gasteiger partial charge in [-0.05, 0) is 17.0 Å². The first kappa shape index (κ1) is 12.3. The van der Waals surface area contributed by atoms with E-state index in [1.165, 1.54) is 0 Å². The molecule has 0 unspecified atom stereocenters. The van der Waals surface area contributed by atoms with Crippen molar-refractivity contribution in [3.05, 3.63) is 30.3 Å². The monoisotopic (exact) mass is 223 g/mol. The molecule has 0 atom stereocenters. The van der Waals surface area contributed by atoms with Gasteiger partial charge in [-0.25, -0.2) is 0 Å². The first-order chi connectivity index (χ1) is 6.07. The molecule has 0 aliphatic rings. The molecular formula is C8H6BF3KN. The molecule has 1 nitrogen and oxygen atoms in total. The molecule has 1 heterocycles. The SMILES string of the molecule is F[B-](F)(F)c1cc2ccccc2[nH]1.[K+]. The van der Waals surface area contributed by atoms with Crippen LogP contribution >= 0.6 is 0 Å². The molecule has 0 saturated heterocycles. The Morgan fingerprint density at radius 3 is 2.29 bits per heavy atom. The Balaban J connectivity index is 0.000000980. The maximum Gasteiger partial charge on any atom is 1.00 e. The Kier molecular flexibility index (Phi) is 3.88. The first-order valence-electron chi connectivity index (χ1n) is 3.85. The molecule has 0 fully saturated rings. The number of benzene rings is 1. The van der Waals surface area contributed by atoms with E-state index < -0.39 is 12.6 Å². The van der Waals surface area contributed by atoms with Crippen molar-refractivity contribution < 1.29 is 64.3 Å². The fraction of sp³-hybridized carbons (Fsp3) is 0. The number of halogens is 3. The van der Waals surface area contributed by atoms with Crippen LogP contribution in [0, 0.1) is 0 Å². The van der Waals surface area contributed by atoms with E-state index in [1.807, 2.05) is 0 Å². The second-order valence-corrected chi connectivity index (χ2v) is 2.89. The van der Waals surface area contributed by atoms with E-state index in [-0.39, 0.29) is 51.4 Å². The Bertz CT molecular complexity index is 404. The number of aromatic amines is 1. The number of hydrogen-bond acceptors (Lipinski definition) is 0. The minimum absolute atomic E-state index is 0. The third-order valence-corrected chi connectivity index (χ3v) is 1.90. The van der Waals surface area contributed by atoms with E-state index in [0.717, 1.165) is 6.07 Å². The zero-order chi connectivity index (χ0) is 9.47. The van der Waals surface area contributed by atoms with Crippen molar-refractivity contribution in [3.63, 3.8) is 0 Å². The van der Waals surface area contributed by atoms with Gasteiger partial charge in [0.15, 0.2) is 0 Å². The molecule has 68 valence electrons. The minimum Gasteiger partial charge on any atom is -0.444 e. The smallest absolute Gasteiger partial charge is 0.444 e. The molecule has 2 rings (SSSR count). The summed E-state index contributed by atoms with van der Waals surface area (Å²) in [5.41, 5.74) is -0.113. The van der Waals surface area contributed by atoms with Crippen LogP contribution in [-0.4, -0.2) is 12.0 Å². The Labute approximate surface area is 122 Å². The van der Waals surface area contributed by atoms with Crippen LogP contribution in [0.25, 0.3) is 10.9 Å². The summed E-state index contributed by atoms with van der Waals surface area (Å²) >= 11 is 0. The van der Waals surface area contributed by atoms with Gasteiger partial charge in [0.2, 0.25) is 0 Å². The predicted octanol–water partition coefficient (Wildman–Crippen LogP) is -0.774. The Hall–Kier alpha value is 0.251. The molecule has 0 aliphatic carbocycles. The van der Waals surface area contributed by atoms with Crippen LogP contribution in [0.5, 0.6) is 0 Å². The second kappa shape index (κ2) is 4.40. The topological polar surface area (TPSA) is 15.8 Å². The van der Waals surface area contributed by atoms with Gasteiger partial charge in [-0.2, -0.15) is 0 Å². The van der Waals surface area contributed by atoms with E-state index in [1.54, 1.807) is 24.3 Å². The van der Waals surface area contributed by atoms with Gasteiger partial charge in [-0.3, -0.25) is 0 Å². The summed E-state index contributed by atoms with van der Waals surface area (Å²) in [5.74, 6) is 0. The minimum atomic E-state index is -4.91. The molecule has 2 aromatic rings. The second-order valence-electron chi connectivity index (χ2n) is 2.89. The van der Waals surface area contributed by atoms with E-state index in [2.05, 4.69) is 4.98 Å². The maximum atomic E-state index is 12.3. The number of H-pyrrole nitrogens is 1. The molecule has 0 spiro atoms. The van der Waals surface area contributed by atoms with Crippen LogP contribution in [0.1, 0.15) is 0 Å². The fourth-order valence-corrected chi connectivity index (χ4v) is 1.27. The van der Waals surface area contributed by atoms with Gasteiger partial charge >= 0.3 is 58.4 Å². The van der Waals surface area contributed by atoms with Crippen LogP contribution in [-0.2, 0) is 0 Å². The zero-order valence-corrected chi connectivity index (χ0v) is 10.7. The standard InChI is InChI=1S/C8H6BF3N.K/c10-9(11,12)8-5-6-3-1-2-4-7(6)13-8;/h1-5,13H;/q-1;+1. The van der Waals surface area contributed by atoms with Crippen molar-refractivity contribution in [2.24, 2.45) is 0 Å². The van der Waals surface area contributed by atoms with Crippen LogP contribution in [0.4, 0.5) is 12.9 Å². The van der Waals surface area contributed by atoms with Gasteiger partial charge in [0.1, 0.15) is 0 Å². The van der Waals surface area contributed by atoms with Gasteiger partial charge in [0.25, 0.3) is 0 Å². The molecule has 0 saturated carbocycles. The van der Waals surface area contributed by atoms with Gasteiger partial charge in [0, 0.05) is 5.52 Å². The number of fused-ring (bicyclic) bond motifs is 1. The summed E-state index contributed by atoms with van der Waals surface area (Å²) in [4.78, 5) is 2.34. The van der Waals surface area contributed by atoms with Crippen molar-refractivity contribution in [1.29, 1.82) is 0 Å². The molecule has 1 aromatic heterocycles. The number of para-hydroxylation sites is 1. The van der Waals surface area contributed by atoms with Gasteiger partial charge < -0.3 is 17.9 Å². The third kappa shape index (κ3) is 2.43. The van der Waals surface area contributed by atoms with Crippen LogP contribution in [0.15, 0.2) is 30.3 Å². The van der Waals surface area contributed by atoms with Gasteiger partial charge in [0.05, 0.1) is 0 Å². The molecular weight excluding hydrogens is 217 g/mol. The van der Waals surface area contributed by atoms with E-state index in [4.69, 9.17) is 0 Å². The molecule has 6 heteroatoms. The van der Waals surface area contributed by atoms with Gasteiger partial charge in [-0.1, -0.05) is 24.3 Å². The van der Waals surface area contributed by atoms with Crippen molar-refractivity contribution in [2.45, 2.75) is 0 Å². The summed E-state index contributed by atoms with van der Waals surface area (Å²) < 4.78 is 36.8. The molecule has 0 amide bonds. The Morgan fingerprint density at radius 1 is 1.07 bits per heavy atom. The number of rotatable bonds is 1. The molecule has 0 bridgehead atoms. The average Bonchev–Trinajstić information content (AvgIpc) is 2.45. The van der Waals surface area contributed by atoms with E-state index in [9.17, 15) is 12.9 Å². The van der Waals surface area contributed by atoms with E-state index >= 15 is 0 Å².